The molecular weight excluding hydrogens is 650 g/mol. The second-order valence-electron chi connectivity index (χ2n) is 10.9. The molecule has 1 aliphatic heterocycles. The van der Waals surface area contributed by atoms with Crippen molar-refractivity contribution in [2.24, 2.45) is 5.41 Å². The third-order valence-electron chi connectivity index (χ3n) is 8.05. The predicted octanol–water partition coefficient (Wildman–Crippen LogP) is 6.74. The van der Waals surface area contributed by atoms with Crippen LogP contribution in [0.5, 0.6) is 5.75 Å². The summed E-state index contributed by atoms with van der Waals surface area (Å²) >= 11 is 0.780. The average Bonchev–Trinajstić information content (AvgIpc) is 3.02. The number of carbonyl (C=O) groups excluding carboxylic acids is 3. The van der Waals surface area contributed by atoms with E-state index in [-0.39, 0.29) is 0 Å². The van der Waals surface area contributed by atoms with Crippen LogP contribution in [0.2, 0.25) is 0 Å². The number of carbonyl (C=O) groups is 3. The molecule has 47 heavy (non-hydrogen) atoms. The minimum absolute atomic E-state index is 0.384. The Hall–Kier alpha value is -3.78. The summed E-state index contributed by atoms with van der Waals surface area (Å²) in [6.07, 6.45) is -8.41. The van der Waals surface area contributed by atoms with E-state index in [1.807, 2.05) is 23.5 Å². The highest BCUT2D eigenvalue weighted by molar-refractivity contribution is 7.99. The van der Waals surface area contributed by atoms with Crippen molar-refractivity contribution < 1.29 is 50.2 Å². The molecule has 1 N–H and O–H groups in total. The number of likely N-dealkylation sites (tertiary alicyclic amines) is 1. The van der Waals surface area contributed by atoms with Crippen LogP contribution in [0.15, 0.2) is 54.6 Å². The summed E-state index contributed by atoms with van der Waals surface area (Å²) in [5.74, 6) is -1.56. The quantitative estimate of drug-likeness (QED) is 0.116. The number of methoxy groups -OCH3 is 2. The van der Waals surface area contributed by atoms with Crippen LogP contribution >= 0.6 is 11.8 Å². The van der Waals surface area contributed by atoms with Crippen LogP contribution in [-0.2, 0) is 25.5 Å². The summed E-state index contributed by atoms with van der Waals surface area (Å²) in [5.41, 5.74) is 1.51. The van der Waals surface area contributed by atoms with Crippen LogP contribution in [0, 0.1) is 12.3 Å². The molecule has 0 saturated carbocycles. The van der Waals surface area contributed by atoms with Gasteiger partial charge in [-0.25, -0.2) is 4.79 Å². The average molecular weight is 687 g/mol. The highest BCUT2D eigenvalue weighted by Gasteiger charge is 2.61. The van der Waals surface area contributed by atoms with Gasteiger partial charge < -0.3 is 19.6 Å². The Balaban J connectivity index is 0.000000257. The lowest BCUT2D eigenvalue weighted by atomic mass is 9.76. The summed E-state index contributed by atoms with van der Waals surface area (Å²) < 4.78 is 87.6. The third kappa shape index (κ3) is 8.98. The van der Waals surface area contributed by atoms with Gasteiger partial charge in [0.15, 0.2) is 5.37 Å². The fraction of sp³-hybridized carbons (Fsp3) is 0.424. The number of fused-ring (bicyclic) bond motifs is 1. The van der Waals surface area contributed by atoms with Crippen molar-refractivity contribution in [1.82, 2.24) is 10.2 Å². The van der Waals surface area contributed by atoms with Gasteiger partial charge >= 0.3 is 18.3 Å². The Labute approximate surface area is 273 Å². The number of amides is 1. The molecule has 1 amide bonds. The van der Waals surface area contributed by atoms with Gasteiger partial charge in [-0.2, -0.15) is 26.3 Å². The van der Waals surface area contributed by atoms with E-state index in [0.717, 1.165) is 52.5 Å². The first-order chi connectivity index (χ1) is 22.1. The number of hydrogen-bond acceptors (Lipinski definition) is 7. The second-order valence-corrected chi connectivity index (χ2v) is 11.9. The lowest BCUT2D eigenvalue weighted by Crippen LogP contribution is -2.58. The minimum Gasteiger partial charge on any atom is -0.496 e. The summed E-state index contributed by atoms with van der Waals surface area (Å²) in [5, 5.41) is 3.06. The monoisotopic (exact) mass is 686 g/mol. The lowest BCUT2D eigenvalue weighted by Gasteiger charge is -2.42. The SMILES string of the molecule is COC(=O)C(NC(=O)C1(C(F)(F)F)CCN(CC(F)(F)F)CC1)SC.COc1cccc(CC=O)c1-c1cccc2c(C)cccc12. The Morgan fingerprint density at radius 1 is 0.979 bits per heavy atom. The van der Waals surface area contributed by atoms with Crippen molar-refractivity contribution in [2.45, 2.75) is 43.9 Å². The van der Waals surface area contributed by atoms with E-state index in [1.165, 1.54) is 22.6 Å². The van der Waals surface area contributed by atoms with Gasteiger partial charge in [0.1, 0.15) is 17.5 Å². The Kier molecular flexibility index (Phi) is 12.7. The van der Waals surface area contributed by atoms with Gasteiger partial charge in [0.25, 0.3) is 0 Å². The number of hydrogen-bond donors (Lipinski definition) is 1. The number of thioether (sulfide) groups is 1. The Morgan fingerprint density at radius 2 is 1.60 bits per heavy atom. The van der Waals surface area contributed by atoms with Gasteiger partial charge in [0.05, 0.1) is 20.8 Å². The number of halogens is 6. The molecule has 7 nitrogen and oxygen atoms in total. The molecule has 1 heterocycles. The van der Waals surface area contributed by atoms with E-state index in [2.05, 4.69) is 48.1 Å². The zero-order chi connectivity index (χ0) is 35.0. The molecule has 4 rings (SSSR count). The van der Waals surface area contributed by atoms with E-state index in [9.17, 15) is 40.7 Å². The van der Waals surface area contributed by atoms with Crippen molar-refractivity contribution in [1.29, 1.82) is 0 Å². The van der Waals surface area contributed by atoms with Crippen molar-refractivity contribution in [3.8, 4) is 16.9 Å². The van der Waals surface area contributed by atoms with Crippen molar-refractivity contribution >= 4 is 40.7 Å². The van der Waals surface area contributed by atoms with Crippen LogP contribution in [-0.4, -0.2) is 80.9 Å². The smallest absolute Gasteiger partial charge is 0.403 e. The summed E-state index contributed by atoms with van der Waals surface area (Å²) in [4.78, 5) is 35.6. The van der Waals surface area contributed by atoms with Crippen LogP contribution in [0.3, 0.4) is 0 Å². The molecule has 0 spiro atoms. The molecule has 0 bridgehead atoms. The van der Waals surface area contributed by atoms with E-state index in [4.69, 9.17) is 4.74 Å². The molecule has 1 saturated heterocycles. The molecule has 1 fully saturated rings. The maximum absolute atomic E-state index is 13.5. The predicted molar refractivity (Wildman–Crippen MR) is 168 cm³/mol. The number of nitrogens with one attached hydrogen (secondary N) is 1. The van der Waals surface area contributed by atoms with Crippen molar-refractivity contribution in [3.05, 3.63) is 65.7 Å². The number of benzene rings is 3. The summed E-state index contributed by atoms with van der Waals surface area (Å²) in [6, 6.07) is 18.4. The first-order valence-electron chi connectivity index (χ1n) is 14.5. The number of aryl methyl sites for hydroxylation is 1. The maximum atomic E-state index is 13.5. The maximum Gasteiger partial charge on any atom is 0.403 e. The fourth-order valence-corrected chi connectivity index (χ4v) is 6.07. The molecule has 14 heteroatoms. The highest BCUT2D eigenvalue weighted by atomic mass is 32.2. The Bertz CT molecular complexity index is 1550. The first kappa shape index (κ1) is 37.7. The number of piperidine rings is 1. The highest BCUT2D eigenvalue weighted by Crippen LogP contribution is 2.47. The molecule has 1 unspecified atom stereocenters. The molecular formula is C33H36F6N2O5S. The van der Waals surface area contributed by atoms with Gasteiger partial charge in [-0.15, -0.1) is 11.8 Å². The number of nitrogens with zero attached hydrogens (tertiary/aromatic N) is 1. The van der Waals surface area contributed by atoms with E-state index >= 15 is 0 Å². The number of alkyl halides is 6. The summed E-state index contributed by atoms with van der Waals surface area (Å²) in [6.45, 7) is -0.290. The van der Waals surface area contributed by atoms with Crippen LogP contribution < -0.4 is 10.1 Å². The second kappa shape index (κ2) is 15.9. The number of aldehydes is 1. The summed E-state index contributed by atoms with van der Waals surface area (Å²) in [7, 11) is 2.69. The first-order valence-corrected chi connectivity index (χ1v) is 15.8. The van der Waals surface area contributed by atoms with Gasteiger partial charge in [-0.3, -0.25) is 9.69 Å². The number of rotatable bonds is 9. The van der Waals surface area contributed by atoms with E-state index < -0.39 is 67.5 Å². The molecule has 1 aliphatic rings. The van der Waals surface area contributed by atoms with Gasteiger partial charge in [0.2, 0.25) is 5.91 Å². The van der Waals surface area contributed by atoms with E-state index in [1.54, 1.807) is 7.11 Å². The van der Waals surface area contributed by atoms with Crippen LogP contribution in [0.25, 0.3) is 21.9 Å². The van der Waals surface area contributed by atoms with Crippen LogP contribution in [0.1, 0.15) is 24.0 Å². The normalized spacial score (nSPS) is 15.6. The lowest BCUT2D eigenvalue weighted by molar-refractivity contribution is -0.236. The number of esters is 1. The number of ether oxygens (including phenoxy) is 2. The molecule has 0 aromatic heterocycles. The van der Waals surface area contributed by atoms with Crippen LogP contribution in [0.4, 0.5) is 26.3 Å². The molecule has 3 aromatic carbocycles. The molecule has 0 aliphatic carbocycles. The van der Waals surface area contributed by atoms with Crippen molar-refractivity contribution in [2.75, 3.05) is 40.1 Å². The largest absolute Gasteiger partial charge is 0.496 e. The van der Waals surface area contributed by atoms with Crippen molar-refractivity contribution in [3.63, 3.8) is 0 Å². The van der Waals surface area contributed by atoms with Gasteiger partial charge in [-0.1, -0.05) is 48.5 Å². The minimum atomic E-state index is -4.96. The standard InChI is InChI=1S/C20H18O2.C13H18F6N2O3S/c1-14-6-3-9-17-16(14)8-5-10-18(17)20-15(12-13-21)7-4-11-19(20)22-2;1-24-9(22)8(25-2)20-10(23)11(13(17,18)19)3-5-21(6-4-11)7-12(14,15)16/h3-11,13H,12H2,1-2H3;8H,3-7H2,1-2H3,(H,20,23). The zero-order valence-corrected chi connectivity index (χ0v) is 27.1. The Morgan fingerprint density at radius 3 is 2.15 bits per heavy atom. The van der Waals surface area contributed by atoms with E-state index in [0.29, 0.717) is 6.42 Å². The topological polar surface area (TPSA) is 84.9 Å². The molecule has 0 radical (unpaired) electrons. The van der Waals surface area contributed by atoms with Gasteiger partial charge in [0, 0.05) is 12.0 Å². The molecule has 1 atom stereocenters. The molecule has 3 aromatic rings. The molecule has 256 valence electrons. The van der Waals surface area contributed by atoms with Gasteiger partial charge in [-0.05, 0) is 72.6 Å². The third-order valence-corrected chi connectivity index (χ3v) is 8.83. The zero-order valence-electron chi connectivity index (χ0n) is 26.3. The fourth-order valence-electron chi connectivity index (χ4n) is 5.56.